The van der Waals surface area contributed by atoms with Crippen molar-refractivity contribution < 1.29 is 233 Å². The van der Waals surface area contributed by atoms with Crippen LogP contribution in [0.15, 0.2) is 36.4 Å². The number of methoxy groups -OCH3 is 7. The van der Waals surface area contributed by atoms with E-state index in [0.29, 0.717) is 30.5 Å². The van der Waals surface area contributed by atoms with Crippen molar-refractivity contribution in [3.8, 4) is 6.07 Å². The van der Waals surface area contributed by atoms with Gasteiger partial charge in [-0.2, -0.15) is 5.26 Å². The Morgan fingerprint density at radius 1 is 0.633 bits per heavy atom. The van der Waals surface area contributed by atoms with E-state index in [1.165, 1.54) is 61.9 Å². The van der Waals surface area contributed by atoms with Crippen LogP contribution >= 0.6 is 34.2 Å². The molecule has 27 nitrogen and oxygen atoms in total. The third kappa shape index (κ3) is 46.4. The molecule has 32 heteroatoms. The second kappa shape index (κ2) is 61.0. The standard InChI is InChI=1S/C11H20O4.C10H15NO4.C10H17NO.C9H15NO3.C8H9IO4.C8H15NO2.C8H14O4.C2H2BrN.3Ac/c1-5-6-9(11(13)15-4)7-8(2)10(12)14-3;1-7(9(12)14-3)5-8(6-11-2)10(13)15-4;1-3-4-8(2)7-9-5-6-11-10(9)12;1-6(9(12)13-2)5-7-3-4-10-8(7)11;10-8-5-9(11,12,13)7-4-2-1-3-6(7)8;1-6(5-10)4-7-2-3-9-8(7)11;1-6(8(10)12-3)4-5-7(9)11-2;3-1-2-4;;;/h8-9H,5-7H2,1-4H3;7-8H,5-6H2,1,3-4H3;3-4,8-9H,5-7H2,1-2H3,(H,11,12);6-7H,3-5H2,1-2H3,(H,10,11);1-4,11-13H,5H2;6-7,10H,2-5H2,1H3,(H,9,11);6H,4-5H2,1-3H3;1H2;;;/b;;4-3+;;;;;;;;/t8-,9-;7-,8+;8-,9+;6-,7-;;6-,7-;6-;;;;/m0010.00..../s1. The van der Waals surface area contributed by atoms with Crippen molar-refractivity contribution in [1.82, 2.24) is 16.0 Å². The van der Waals surface area contributed by atoms with Gasteiger partial charge in [0.15, 0.2) is 0 Å². The van der Waals surface area contributed by atoms with E-state index >= 15 is 0 Å². The van der Waals surface area contributed by atoms with Gasteiger partial charge in [-0.25, -0.2) is 6.57 Å². The quantitative estimate of drug-likeness (QED) is 0.0139. The van der Waals surface area contributed by atoms with Crippen molar-refractivity contribution >= 4 is 99.5 Å². The number of halogens is 2. The fourth-order valence-corrected chi connectivity index (χ4v) is 14.4. The van der Waals surface area contributed by atoms with Gasteiger partial charge in [0, 0.05) is 183 Å². The summed E-state index contributed by atoms with van der Waals surface area (Å²) in [6, 6.07) is 7.94. The number of fused-ring (bicyclic) bond motifs is 1. The van der Waals surface area contributed by atoms with E-state index in [4.69, 9.17) is 16.9 Å². The molecular weight excluding hydrogens is 2100 g/mol. The second-order valence-corrected chi connectivity index (χ2v) is 31.0. The van der Waals surface area contributed by atoms with Crippen LogP contribution in [0.3, 0.4) is 0 Å². The third-order valence-electron chi connectivity index (χ3n) is 15.0. The first-order valence-electron chi connectivity index (χ1n) is 31.2. The number of ketones is 1. The number of aliphatic hydroxyl groups is 1. The van der Waals surface area contributed by atoms with Crippen LogP contribution in [0.5, 0.6) is 0 Å². The van der Waals surface area contributed by atoms with Gasteiger partial charge in [-0.15, -0.1) is 0 Å². The van der Waals surface area contributed by atoms with Gasteiger partial charge >= 0.3 is 119 Å². The Kier molecular flexibility index (Phi) is 66.4. The van der Waals surface area contributed by atoms with Crippen molar-refractivity contribution in [3.63, 3.8) is 0 Å². The molecule has 3 radical (unpaired) electrons. The maximum atomic E-state index is 11.4. The monoisotopic (exact) mass is 2210 g/mol. The Labute approximate surface area is 697 Å². The molecule has 0 unspecified atom stereocenters. The number of alkyl halides is 2. The molecule has 0 bridgehead atoms. The molecule has 3 fully saturated rings. The predicted octanol–water partition coefficient (Wildman–Crippen LogP) is 6.86. The van der Waals surface area contributed by atoms with Crippen LogP contribution in [0, 0.1) is 219 Å². The van der Waals surface area contributed by atoms with Gasteiger partial charge in [-0.3, -0.25) is 47.9 Å². The van der Waals surface area contributed by atoms with E-state index < -0.39 is 46.3 Å². The molecule has 5 rings (SSSR count). The van der Waals surface area contributed by atoms with E-state index in [-0.39, 0.29) is 268 Å². The maximum Gasteiger partial charge on any atom is 0.316 e. The number of benzene rings is 1. The molecule has 0 saturated carbocycles. The summed E-state index contributed by atoms with van der Waals surface area (Å²) in [5.74, 6) is -2.76. The number of carbonyl (C=O) groups is 11. The molecule has 551 valence electrons. The SMILES string of the molecule is C/C=C/[C@@H](C)C[C@@H]1CCNC1=O.CCC[C@@H](C[C@H](C)C(=O)OC)C(=O)OC.COC(=O)CC[C@H](C)C(=O)OC.COC(=O)[C@@H](C)C[C@@H]1CCNC1=O.C[C@H](CO)C[C@@H]1CCNC1=O.N#CCBr.O=C1CI(O)(O)(O)c2ccccc21.[Ac].[Ac].[Ac].[C-]#[N+]C[C@@H](C[C@H](C)C(=O)OC)C(=O)OC. The zero-order valence-corrected chi connectivity index (χ0v) is 77.7. The second-order valence-electron chi connectivity index (χ2n) is 23.0. The zero-order chi connectivity index (χ0) is 73.5. The van der Waals surface area contributed by atoms with Gasteiger partial charge in [-0.05, 0) is 83.0 Å². The Morgan fingerprint density at radius 2 is 1.03 bits per heavy atom. The van der Waals surface area contributed by atoms with E-state index in [1.807, 2.05) is 26.8 Å². The minimum atomic E-state index is -5.46. The number of rotatable bonds is 24. The third-order valence-corrected chi connectivity index (χ3v) is 20.7. The summed E-state index contributed by atoms with van der Waals surface area (Å²) in [6.07, 6.45) is 12.5. The van der Waals surface area contributed by atoms with Crippen LogP contribution in [0.1, 0.15) is 143 Å². The molecule has 3 saturated heterocycles. The number of aliphatic hydroxyl groups excluding tert-OH is 1. The number of amides is 3. The van der Waals surface area contributed by atoms with Crippen molar-refractivity contribution in [1.29, 1.82) is 5.26 Å². The summed E-state index contributed by atoms with van der Waals surface area (Å²) in [5.41, 5.74) is 0.240. The molecule has 98 heavy (non-hydrogen) atoms. The number of hydrogen-bond acceptors (Lipinski definition) is 23. The average Bonchev–Trinajstić information content (AvgIpc) is 1.58. The molecule has 7 N–H and O–H groups in total. The average molecular weight is 2210 g/mol. The largest absolute Gasteiger partial charge is 0.469 e. The Balaban J connectivity index is -0.000000249. The number of nitrogens with zero attached hydrogens (tertiary/aromatic N) is 2. The van der Waals surface area contributed by atoms with Gasteiger partial charge in [0.05, 0.1) is 90.8 Å². The summed E-state index contributed by atoms with van der Waals surface area (Å²) < 4.78 is 60.1. The van der Waals surface area contributed by atoms with Crippen LogP contribution in [0.2, 0.25) is 0 Å². The normalized spacial score (nSPS) is 18.7. The van der Waals surface area contributed by atoms with E-state index in [1.54, 1.807) is 39.8 Å². The topological polar surface area (TPSA) is 398 Å². The summed E-state index contributed by atoms with van der Waals surface area (Å²) in [7, 11) is 9.30. The smallest absolute Gasteiger partial charge is 0.316 e. The zero-order valence-electron chi connectivity index (χ0n) is 59.8. The first-order valence-corrected chi connectivity index (χ1v) is 37.9. The van der Waals surface area contributed by atoms with Crippen LogP contribution < -0.4 is 16.0 Å². The summed E-state index contributed by atoms with van der Waals surface area (Å²) in [4.78, 5) is 125. The first kappa shape index (κ1) is 107. The molecule has 11 atom stereocenters. The van der Waals surface area contributed by atoms with Crippen molar-refractivity contribution in [3.05, 3.63) is 57.0 Å². The fourth-order valence-electron chi connectivity index (χ4n) is 9.72. The molecule has 4 heterocycles. The minimum Gasteiger partial charge on any atom is -0.469 e. The maximum absolute atomic E-state index is 11.4. The van der Waals surface area contributed by atoms with Gasteiger partial charge < -0.3 is 59.1 Å². The van der Waals surface area contributed by atoms with Crippen molar-refractivity contribution in [2.75, 3.05) is 92.3 Å². The van der Waals surface area contributed by atoms with E-state index in [2.05, 4.69) is 89.0 Å². The number of Topliss-reactive ketones (excluding diaryl/α,β-unsaturated/α-hetero) is 1. The molecular formula is C66H107Ac3BrIN5O22. The first-order chi connectivity index (χ1) is 44.7. The van der Waals surface area contributed by atoms with Crippen LogP contribution in [0.4, 0.5) is 0 Å². The number of allylic oxidation sites excluding steroid dienone is 2. The molecule has 4 aliphatic rings. The number of nitriles is 1. The van der Waals surface area contributed by atoms with Gasteiger partial charge in [0.2, 0.25) is 24.3 Å². The molecule has 1 aromatic carbocycles. The Morgan fingerprint density at radius 3 is 1.40 bits per heavy atom. The van der Waals surface area contributed by atoms with E-state index in [9.17, 15) is 63.0 Å². The van der Waals surface area contributed by atoms with Gasteiger partial charge in [0.25, 0.3) is 0 Å². The number of hydrogen-bond donors (Lipinski definition) is 7. The molecule has 3 amide bonds. The summed E-state index contributed by atoms with van der Waals surface area (Å²) in [5, 5.41) is 25.1. The molecule has 0 spiro atoms. The summed E-state index contributed by atoms with van der Waals surface area (Å²) >= 11 is -2.57. The van der Waals surface area contributed by atoms with Crippen molar-refractivity contribution in [2.45, 2.75) is 132 Å². The minimum absolute atomic E-state index is 0. The Bertz CT molecular complexity index is 2680. The molecule has 1 aromatic rings. The number of ether oxygens (including phenoxy) is 7. The van der Waals surface area contributed by atoms with Gasteiger partial charge in [0.1, 0.15) is 5.92 Å². The van der Waals surface area contributed by atoms with Crippen LogP contribution in [-0.2, 0) is 81.1 Å². The molecule has 4 aliphatic heterocycles. The van der Waals surface area contributed by atoms with Crippen molar-refractivity contribution in [2.24, 2.45) is 65.1 Å². The number of esters is 7. The van der Waals surface area contributed by atoms with Gasteiger partial charge in [-0.1, -0.05) is 83.0 Å². The molecule has 0 aromatic heterocycles. The number of nitrogens with one attached hydrogen (secondary N) is 3. The summed E-state index contributed by atoms with van der Waals surface area (Å²) in [6.45, 7) is 24.4. The molecule has 0 aliphatic carbocycles. The fraction of sp³-hybridized carbons (Fsp3) is 0.682. The van der Waals surface area contributed by atoms with Crippen LogP contribution in [0.25, 0.3) is 4.85 Å². The van der Waals surface area contributed by atoms with E-state index in [0.717, 1.165) is 64.6 Å². The Hall–Kier alpha value is -2.32. The number of carbonyl (C=O) groups excluding carboxylic acids is 11. The predicted molar refractivity (Wildman–Crippen MR) is 364 cm³/mol. The van der Waals surface area contributed by atoms with Crippen LogP contribution in [-0.4, -0.2) is 173 Å².